The van der Waals surface area contributed by atoms with E-state index in [1.54, 1.807) is 7.05 Å². The number of guanidine groups is 1. The third kappa shape index (κ3) is 5.89. The van der Waals surface area contributed by atoms with Gasteiger partial charge in [-0.2, -0.15) is 5.10 Å². The summed E-state index contributed by atoms with van der Waals surface area (Å²) in [4.78, 5) is 4.25. The summed E-state index contributed by atoms with van der Waals surface area (Å²) in [7, 11) is 1.79. The van der Waals surface area contributed by atoms with Crippen molar-refractivity contribution < 1.29 is 0 Å². The molecule has 2 N–H and O–H groups in total. The molecule has 0 atom stereocenters. The van der Waals surface area contributed by atoms with E-state index in [2.05, 4.69) is 45.8 Å². The van der Waals surface area contributed by atoms with Gasteiger partial charge in [-0.3, -0.25) is 9.67 Å². The Bertz CT molecular complexity index is 661. The standard InChI is InChI=1S/C18H26ClN5/c1-14-13-15(2)24(23-14)12-4-10-21-18(20-3)22-11-9-16-5-7-17(19)8-6-16/h5-8,13H,4,9-12H2,1-3H3,(H2,20,21,22). The first-order chi connectivity index (χ1) is 11.6. The molecule has 2 aromatic rings. The van der Waals surface area contributed by atoms with Crippen molar-refractivity contribution in [3.8, 4) is 0 Å². The molecule has 6 heteroatoms. The van der Waals surface area contributed by atoms with E-state index in [9.17, 15) is 0 Å². The third-order valence-corrected chi connectivity index (χ3v) is 4.04. The van der Waals surface area contributed by atoms with Gasteiger partial charge in [-0.1, -0.05) is 23.7 Å². The van der Waals surface area contributed by atoms with Gasteiger partial charge < -0.3 is 10.6 Å². The molecule has 0 fully saturated rings. The van der Waals surface area contributed by atoms with Gasteiger partial charge in [-0.25, -0.2) is 0 Å². The quantitative estimate of drug-likeness (QED) is 0.460. The highest BCUT2D eigenvalue weighted by molar-refractivity contribution is 6.30. The Balaban J connectivity index is 1.65. The van der Waals surface area contributed by atoms with E-state index in [-0.39, 0.29) is 0 Å². The minimum atomic E-state index is 0.770. The molecule has 24 heavy (non-hydrogen) atoms. The fourth-order valence-corrected chi connectivity index (χ4v) is 2.66. The van der Waals surface area contributed by atoms with Gasteiger partial charge >= 0.3 is 0 Å². The molecule has 0 aliphatic heterocycles. The summed E-state index contributed by atoms with van der Waals surface area (Å²) in [5, 5.41) is 11.9. The molecule has 2 rings (SSSR count). The number of rotatable bonds is 7. The van der Waals surface area contributed by atoms with Crippen LogP contribution in [0.25, 0.3) is 0 Å². The lowest BCUT2D eigenvalue weighted by Crippen LogP contribution is -2.39. The number of aliphatic imine (C=N–C) groups is 1. The normalized spacial score (nSPS) is 11.6. The van der Waals surface area contributed by atoms with Crippen LogP contribution >= 0.6 is 11.6 Å². The van der Waals surface area contributed by atoms with Crippen LogP contribution in [0.15, 0.2) is 35.3 Å². The Kier molecular flexibility index (Phi) is 7.12. The first-order valence-corrected chi connectivity index (χ1v) is 8.66. The maximum absolute atomic E-state index is 5.89. The molecular formula is C18H26ClN5. The van der Waals surface area contributed by atoms with Crippen LogP contribution in [0.5, 0.6) is 0 Å². The predicted molar refractivity (Wildman–Crippen MR) is 101 cm³/mol. The van der Waals surface area contributed by atoms with Crippen LogP contribution in [-0.2, 0) is 13.0 Å². The molecule has 0 unspecified atom stereocenters. The molecule has 0 radical (unpaired) electrons. The van der Waals surface area contributed by atoms with Crippen LogP contribution in [0.2, 0.25) is 5.02 Å². The molecule has 0 bridgehead atoms. The first kappa shape index (κ1) is 18.3. The summed E-state index contributed by atoms with van der Waals surface area (Å²) in [5.41, 5.74) is 3.53. The van der Waals surface area contributed by atoms with Crippen molar-refractivity contribution in [2.24, 2.45) is 4.99 Å². The Hall–Kier alpha value is -2.01. The molecule has 1 aromatic heterocycles. The Labute approximate surface area is 149 Å². The van der Waals surface area contributed by atoms with Crippen molar-refractivity contribution in [3.63, 3.8) is 0 Å². The third-order valence-electron chi connectivity index (χ3n) is 3.79. The van der Waals surface area contributed by atoms with Gasteiger partial charge in [0.25, 0.3) is 0 Å². The van der Waals surface area contributed by atoms with Crippen LogP contribution in [0.3, 0.4) is 0 Å². The Morgan fingerprint density at radius 2 is 1.88 bits per heavy atom. The van der Waals surface area contributed by atoms with Crippen LogP contribution in [0.1, 0.15) is 23.4 Å². The number of nitrogens with zero attached hydrogens (tertiary/aromatic N) is 3. The lowest BCUT2D eigenvalue weighted by atomic mass is 10.1. The lowest BCUT2D eigenvalue weighted by molar-refractivity contribution is 0.555. The van der Waals surface area contributed by atoms with E-state index in [0.717, 1.165) is 49.2 Å². The van der Waals surface area contributed by atoms with E-state index >= 15 is 0 Å². The van der Waals surface area contributed by atoms with E-state index < -0.39 is 0 Å². The van der Waals surface area contributed by atoms with Crippen LogP contribution in [0, 0.1) is 13.8 Å². The lowest BCUT2D eigenvalue weighted by Gasteiger charge is -2.12. The number of nitrogens with one attached hydrogen (secondary N) is 2. The van der Waals surface area contributed by atoms with E-state index in [1.165, 1.54) is 11.3 Å². The predicted octanol–water partition coefficient (Wildman–Crippen LogP) is 2.95. The molecule has 0 aliphatic rings. The van der Waals surface area contributed by atoms with Crippen LogP contribution in [-0.4, -0.2) is 35.9 Å². The monoisotopic (exact) mass is 347 g/mol. The molecule has 1 heterocycles. The number of hydrogen-bond acceptors (Lipinski definition) is 2. The second-order valence-corrected chi connectivity index (χ2v) is 6.24. The summed E-state index contributed by atoms with van der Waals surface area (Å²) < 4.78 is 2.05. The summed E-state index contributed by atoms with van der Waals surface area (Å²) in [5.74, 6) is 0.831. The molecule has 5 nitrogen and oxygen atoms in total. The Morgan fingerprint density at radius 3 is 2.50 bits per heavy atom. The number of halogens is 1. The highest BCUT2D eigenvalue weighted by Gasteiger charge is 2.01. The van der Waals surface area contributed by atoms with E-state index in [4.69, 9.17) is 11.6 Å². The Morgan fingerprint density at radius 1 is 1.17 bits per heavy atom. The SMILES string of the molecule is CN=C(NCCCn1nc(C)cc1C)NCCc1ccc(Cl)cc1. The molecule has 1 aromatic carbocycles. The maximum atomic E-state index is 5.89. The van der Waals surface area contributed by atoms with Gasteiger partial charge in [-0.15, -0.1) is 0 Å². The van der Waals surface area contributed by atoms with Crippen LogP contribution < -0.4 is 10.6 Å². The zero-order chi connectivity index (χ0) is 17.4. The van der Waals surface area contributed by atoms with Crippen molar-refractivity contribution in [2.75, 3.05) is 20.1 Å². The van der Waals surface area contributed by atoms with Crippen molar-refractivity contribution in [1.82, 2.24) is 20.4 Å². The topological polar surface area (TPSA) is 54.2 Å². The van der Waals surface area contributed by atoms with E-state index in [1.807, 2.05) is 23.7 Å². The molecular weight excluding hydrogens is 322 g/mol. The number of hydrogen-bond donors (Lipinski definition) is 2. The van der Waals surface area contributed by atoms with Crippen LogP contribution in [0.4, 0.5) is 0 Å². The van der Waals surface area contributed by atoms with Crippen molar-refractivity contribution in [1.29, 1.82) is 0 Å². The van der Waals surface area contributed by atoms with Gasteiger partial charge in [0, 0.05) is 37.4 Å². The first-order valence-electron chi connectivity index (χ1n) is 8.28. The molecule has 0 saturated heterocycles. The fourth-order valence-electron chi connectivity index (χ4n) is 2.53. The van der Waals surface area contributed by atoms with Crippen molar-refractivity contribution >= 4 is 17.6 Å². The summed E-state index contributed by atoms with van der Waals surface area (Å²) in [6.07, 6.45) is 1.93. The summed E-state index contributed by atoms with van der Waals surface area (Å²) >= 11 is 5.89. The zero-order valence-corrected chi connectivity index (χ0v) is 15.4. The highest BCUT2D eigenvalue weighted by atomic mass is 35.5. The second kappa shape index (κ2) is 9.33. The smallest absolute Gasteiger partial charge is 0.190 e. The van der Waals surface area contributed by atoms with Gasteiger partial charge in [0.2, 0.25) is 0 Å². The van der Waals surface area contributed by atoms with Gasteiger partial charge in [0.05, 0.1) is 5.69 Å². The van der Waals surface area contributed by atoms with E-state index in [0.29, 0.717) is 0 Å². The highest BCUT2D eigenvalue weighted by Crippen LogP contribution is 2.09. The fraction of sp³-hybridized carbons (Fsp3) is 0.444. The number of aryl methyl sites for hydroxylation is 3. The largest absolute Gasteiger partial charge is 0.356 e. The molecule has 0 aliphatic carbocycles. The summed E-state index contributed by atoms with van der Waals surface area (Å²) in [6.45, 7) is 6.71. The minimum absolute atomic E-state index is 0.770. The average Bonchev–Trinajstić information content (AvgIpc) is 2.89. The average molecular weight is 348 g/mol. The van der Waals surface area contributed by atoms with Crippen molar-refractivity contribution in [3.05, 3.63) is 52.3 Å². The zero-order valence-electron chi connectivity index (χ0n) is 14.6. The van der Waals surface area contributed by atoms with Crippen molar-refractivity contribution in [2.45, 2.75) is 33.2 Å². The summed E-state index contributed by atoms with van der Waals surface area (Å²) in [6, 6.07) is 10.0. The number of aromatic nitrogens is 2. The number of benzene rings is 1. The van der Waals surface area contributed by atoms with Gasteiger partial charge in [0.15, 0.2) is 5.96 Å². The van der Waals surface area contributed by atoms with Gasteiger partial charge in [-0.05, 0) is 50.5 Å². The minimum Gasteiger partial charge on any atom is -0.356 e. The molecule has 0 saturated carbocycles. The molecule has 0 amide bonds. The second-order valence-electron chi connectivity index (χ2n) is 5.81. The van der Waals surface area contributed by atoms with Gasteiger partial charge in [0.1, 0.15) is 0 Å². The molecule has 130 valence electrons. The molecule has 0 spiro atoms. The maximum Gasteiger partial charge on any atom is 0.190 e.